The molecule has 0 radical (unpaired) electrons. The molecule has 0 saturated heterocycles. The minimum Gasteiger partial charge on any atom is -0.390 e. The Bertz CT molecular complexity index is 539. The highest BCUT2D eigenvalue weighted by Crippen LogP contribution is 2.19. The molecule has 4 heteroatoms. The van der Waals surface area contributed by atoms with Crippen molar-refractivity contribution in [2.45, 2.75) is 12.6 Å². The van der Waals surface area contributed by atoms with Crippen LogP contribution in [0.3, 0.4) is 0 Å². The van der Waals surface area contributed by atoms with Crippen molar-refractivity contribution < 1.29 is 5.11 Å². The van der Waals surface area contributed by atoms with Gasteiger partial charge in [-0.05, 0) is 18.2 Å². The van der Waals surface area contributed by atoms with Crippen molar-refractivity contribution in [2.75, 3.05) is 6.54 Å². The number of nitrogens with two attached hydrogens (primary N) is 1. The predicted octanol–water partition coefficient (Wildman–Crippen LogP) is 0.833. The molecule has 0 bridgehead atoms. The molecule has 1 atom stereocenters. The van der Waals surface area contributed by atoms with E-state index in [1.54, 1.807) is 6.07 Å². The molecule has 0 spiro atoms. The van der Waals surface area contributed by atoms with Gasteiger partial charge in [-0.2, -0.15) is 5.26 Å². The summed E-state index contributed by atoms with van der Waals surface area (Å²) in [5, 5.41) is 19.4. The number of aromatic nitrogens is 1. The summed E-state index contributed by atoms with van der Waals surface area (Å²) in [7, 11) is 0. The Balaban J connectivity index is 2.46. The smallest absolute Gasteiger partial charge is 0.0998 e. The lowest BCUT2D eigenvalue weighted by molar-refractivity contribution is 0.164. The molecule has 1 aromatic carbocycles. The van der Waals surface area contributed by atoms with Crippen LogP contribution in [-0.2, 0) is 6.54 Å². The van der Waals surface area contributed by atoms with Gasteiger partial charge in [0.25, 0.3) is 0 Å². The third kappa shape index (κ3) is 1.78. The molecular formula is C12H13N3O. The average Bonchev–Trinajstić information content (AvgIpc) is 2.72. The summed E-state index contributed by atoms with van der Waals surface area (Å²) in [6, 6.07) is 9.59. The van der Waals surface area contributed by atoms with Gasteiger partial charge in [-0.15, -0.1) is 0 Å². The topological polar surface area (TPSA) is 75.0 Å². The van der Waals surface area contributed by atoms with Crippen LogP contribution in [0.4, 0.5) is 0 Å². The van der Waals surface area contributed by atoms with Crippen LogP contribution in [0.1, 0.15) is 5.56 Å². The first-order chi connectivity index (χ1) is 7.76. The van der Waals surface area contributed by atoms with Crippen molar-refractivity contribution in [3.63, 3.8) is 0 Å². The van der Waals surface area contributed by atoms with Gasteiger partial charge in [0.1, 0.15) is 0 Å². The standard InChI is InChI=1S/C12H13N3O/c13-6-9-2-1-3-12-11(9)4-5-15(12)8-10(16)7-14/h1-5,10,16H,7-8,14H2. The Morgan fingerprint density at radius 2 is 2.25 bits per heavy atom. The second kappa shape index (κ2) is 4.35. The lowest BCUT2D eigenvalue weighted by Crippen LogP contribution is -2.24. The first-order valence-corrected chi connectivity index (χ1v) is 5.12. The van der Waals surface area contributed by atoms with Gasteiger partial charge in [0.05, 0.1) is 17.7 Å². The first-order valence-electron chi connectivity index (χ1n) is 5.12. The fourth-order valence-corrected chi connectivity index (χ4v) is 1.78. The number of nitriles is 1. The fraction of sp³-hybridized carbons (Fsp3) is 0.250. The molecule has 0 aliphatic rings. The number of fused-ring (bicyclic) bond motifs is 1. The number of aliphatic hydroxyl groups is 1. The average molecular weight is 215 g/mol. The van der Waals surface area contributed by atoms with E-state index in [4.69, 9.17) is 11.0 Å². The van der Waals surface area contributed by atoms with Gasteiger partial charge in [0.15, 0.2) is 0 Å². The molecule has 0 aliphatic heterocycles. The van der Waals surface area contributed by atoms with Crippen LogP contribution in [0.2, 0.25) is 0 Å². The minimum atomic E-state index is -0.554. The third-order valence-corrected chi connectivity index (χ3v) is 2.61. The fourth-order valence-electron chi connectivity index (χ4n) is 1.78. The quantitative estimate of drug-likeness (QED) is 0.796. The van der Waals surface area contributed by atoms with Crippen LogP contribution < -0.4 is 5.73 Å². The molecule has 1 heterocycles. The van der Waals surface area contributed by atoms with Gasteiger partial charge < -0.3 is 15.4 Å². The van der Waals surface area contributed by atoms with Crippen molar-refractivity contribution in [2.24, 2.45) is 5.73 Å². The molecule has 0 aliphatic carbocycles. The maximum atomic E-state index is 9.50. The van der Waals surface area contributed by atoms with E-state index in [1.165, 1.54) is 0 Å². The van der Waals surface area contributed by atoms with Gasteiger partial charge in [-0.1, -0.05) is 6.07 Å². The third-order valence-electron chi connectivity index (χ3n) is 2.61. The normalized spacial score (nSPS) is 12.6. The summed E-state index contributed by atoms with van der Waals surface area (Å²) in [4.78, 5) is 0. The molecule has 3 N–H and O–H groups in total. The number of benzene rings is 1. The van der Waals surface area contributed by atoms with E-state index in [9.17, 15) is 5.11 Å². The van der Waals surface area contributed by atoms with Gasteiger partial charge in [-0.25, -0.2) is 0 Å². The largest absolute Gasteiger partial charge is 0.390 e. The van der Waals surface area contributed by atoms with Crippen molar-refractivity contribution >= 4 is 10.9 Å². The van der Waals surface area contributed by atoms with Crippen LogP contribution in [-0.4, -0.2) is 22.3 Å². The molecule has 0 saturated carbocycles. The summed E-state index contributed by atoms with van der Waals surface area (Å²) in [6.45, 7) is 0.687. The van der Waals surface area contributed by atoms with Crippen molar-refractivity contribution in [3.8, 4) is 6.07 Å². The van der Waals surface area contributed by atoms with E-state index in [-0.39, 0.29) is 6.54 Å². The van der Waals surface area contributed by atoms with E-state index in [1.807, 2.05) is 29.0 Å². The molecule has 4 nitrogen and oxygen atoms in total. The second-order valence-corrected chi connectivity index (χ2v) is 3.71. The molecule has 0 fully saturated rings. The second-order valence-electron chi connectivity index (χ2n) is 3.71. The summed E-state index contributed by atoms with van der Waals surface area (Å²) in [5.41, 5.74) is 6.97. The van der Waals surface area contributed by atoms with Gasteiger partial charge in [0.2, 0.25) is 0 Å². The SMILES string of the molecule is N#Cc1cccc2c1ccn2CC(O)CN. The molecular weight excluding hydrogens is 202 g/mol. The lowest BCUT2D eigenvalue weighted by Gasteiger charge is -2.10. The maximum absolute atomic E-state index is 9.50. The molecule has 82 valence electrons. The summed E-state index contributed by atoms with van der Waals surface area (Å²) >= 11 is 0. The molecule has 0 amide bonds. The highest BCUT2D eigenvalue weighted by Gasteiger charge is 2.07. The van der Waals surface area contributed by atoms with Crippen molar-refractivity contribution in [1.82, 2.24) is 4.57 Å². The zero-order valence-electron chi connectivity index (χ0n) is 8.80. The number of hydrogen-bond acceptors (Lipinski definition) is 3. The molecule has 2 rings (SSSR count). The number of rotatable bonds is 3. The van der Waals surface area contributed by atoms with E-state index in [2.05, 4.69) is 6.07 Å². The van der Waals surface area contributed by atoms with Gasteiger partial charge in [0, 0.05) is 30.2 Å². The number of aliphatic hydroxyl groups excluding tert-OH is 1. The zero-order chi connectivity index (χ0) is 11.5. The highest BCUT2D eigenvalue weighted by molar-refractivity contribution is 5.85. The minimum absolute atomic E-state index is 0.234. The summed E-state index contributed by atoms with van der Waals surface area (Å²) in [5.74, 6) is 0. The van der Waals surface area contributed by atoms with Crippen molar-refractivity contribution in [1.29, 1.82) is 5.26 Å². The molecule has 16 heavy (non-hydrogen) atoms. The Labute approximate surface area is 93.5 Å². The monoisotopic (exact) mass is 215 g/mol. The Kier molecular flexibility index (Phi) is 2.91. The molecule has 1 unspecified atom stereocenters. The molecule has 1 aromatic heterocycles. The zero-order valence-corrected chi connectivity index (χ0v) is 8.80. The Morgan fingerprint density at radius 1 is 1.44 bits per heavy atom. The van der Waals surface area contributed by atoms with Crippen molar-refractivity contribution in [3.05, 3.63) is 36.0 Å². The van der Waals surface area contributed by atoms with E-state index in [0.29, 0.717) is 12.1 Å². The van der Waals surface area contributed by atoms with Gasteiger partial charge >= 0.3 is 0 Å². The highest BCUT2D eigenvalue weighted by atomic mass is 16.3. The van der Waals surface area contributed by atoms with Crippen LogP contribution >= 0.6 is 0 Å². The predicted molar refractivity (Wildman–Crippen MR) is 61.7 cm³/mol. The van der Waals surface area contributed by atoms with E-state index >= 15 is 0 Å². The maximum Gasteiger partial charge on any atom is 0.0998 e. The summed E-state index contributed by atoms with van der Waals surface area (Å²) < 4.78 is 1.91. The Morgan fingerprint density at radius 3 is 2.94 bits per heavy atom. The molecule has 2 aromatic rings. The number of nitrogens with zero attached hydrogens (tertiary/aromatic N) is 2. The first kappa shape index (κ1) is 10.7. The van der Waals surface area contributed by atoms with Crippen LogP contribution in [0.25, 0.3) is 10.9 Å². The summed E-state index contributed by atoms with van der Waals surface area (Å²) in [6.07, 6.45) is 1.31. The lowest BCUT2D eigenvalue weighted by atomic mass is 10.1. The van der Waals surface area contributed by atoms with Gasteiger partial charge in [-0.3, -0.25) is 0 Å². The van der Waals surface area contributed by atoms with Crippen LogP contribution in [0, 0.1) is 11.3 Å². The number of hydrogen-bond donors (Lipinski definition) is 2. The van der Waals surface area contributed by atoms with Crippen LogP contribution in [0.15, 0.2) is 30.5 Å². The van der Waals surface area contributed by atoms with E-state index in [0.717, 1.165) is 10.9 Å². The van der Waals surface area contributed by atoms with E-state index < -0.39 is 6.10 Å². The van der Waals surface area contributed by atoms with Crippen LogP contribution in [0.5, 0.6) is 0 Å². The Hall–Kier alpha value is -1.83.